The van der Waals surface area contributed by atoms with E-state index in [1.165, 1.54) is 63.8 Å². The van der Waals surface area contributed by atoms with Crippen LogP contribution in [0.3, 0.4) is 0 Å². The second-order valence-corrected chi connectivity index (χ2v) is 15.8. The van der Waals surface area contributed by atoms with Crippen molar-refractivity contribution in [1.29, 1.82) is 0 Å². The largest absolute Gasteiger partial charge is 0.845 e. The van der Waals surface area contributed by atoms with Gasteiger partial charge in [0.05, 0.1) is 58.8 Å². The van der Waals surface area contributed by atoms with Crippen LogP contribution in [0, 0.1) is 6.92 Å². The topological polar surface area (TPSA) is 350 Å². The van der Waals surface area contributed by atoms with Crippen LogP contribution < -0.4 is 45.6 Å². The summed E-state index contributed by atoms with van der Waals surface area (Å²) >= 11 is 1.89. The molecule has 2 aromatic carbocycles. The molecule has 27 nitrogen and oxygen atoms in total. The van der Waals surface area contributed by atoms with Gasteiger partial charge in [-0.1, -0.05) is 12.1 Å². The predicted octanol–water partition coefficient (Wildman–Crippen LogP) is 1.35. The third-order valence-electron chi connectivity index (χ3n) is 7.36. The summed E-state index contributed by atoms with van der Waals surface area (Å²) < 4.78 is 89.8. The number of urea groups is 1. The molecule has 2 aromatic heterocycles. The quantitative estimate of drug-likeness (QED) is 0.0150. The molecule has 65 heavy (non-hydrogen) atoms. The lowest BCUT2D eigenvalue weighted by Gasteiger charge is -2.14. The summed E-state index contributed by atoms with van der Waals surface area (Å²) in [5.41, 5.74) is 5.55. The van der Waals surface area contributed by atoms with Gasteiger partial charge in [0.2, 0.25) is 29.5 Å². The second-order valence-electron chi connectivity index (χ2n) is 11.6. The number of ether oxygens (including phenoxy) is 5. The summed E-state index contributed by atoms with van der Waals surface area (Å²) in [5, 5.41) is 16.6. The van der Waals surface area contributed by atoms with Crippen LogP contribution in [0.4, 0.5) is 16.7 Å². The molecule has 4 rings (SSSR count). The fourth-order valence-electron chi connectivity index (χ4n) is 4.64. The number of hydrogen-bond acceptors (Lipinski definition) is 25. The first-order chi connectivity index (χ1) is 30.9. The number of amides is 2. The molecule has 0 saturated heterocycles. The first-order valence-corrected chi connectivity index (χ1v) is 22.8. The number of amidine groups is 1. The summed E-state index contributed by atoms with van der Waals surface area (Å²) in [6.45, 7) is 1.67. The number of benzene rings is 2. The van der Waals surface area contributed by atoms with E-state index in [-0.39, 0.29) is 53.8 Å². The molecule has 0 aliphatic rings. The Morgan fingerprint density at radius 2 is 1.12 bits per heavy atom. The van der Waals surface area contributed by atoms with Gasteiger partial charge in [-0.05, 0) is 42.3 Å². The molecule has 0 atom stereocenters. The lowest BCUT2D eigenvalue weighted by molar-refractivity contribution is -0.246. The van der Waals surface area contributed by atoms with E-state index in [1.54, 1.807) is 24.2 Å². The van der Waals surface area contributed by atoms with Crippen LogP contribution in [0.2, 0.25) is 0 Å². The van der Waals surface area contributed by atoms with Crippen LogP contribution in [0.5, 0.6) is 17.6 Å². The molecule has 2 heterocycles. The van der Waals surface area contributed by atoms with E-state index in [0.717, 1.165) is 44.4 Å². The number of nitrogens with zero attached hydrogens (tertiary/aromatic N) is 5. The van der Waals surface area contributed by atoms with Crippen molar-refractivity contribution in [3.05, 3.63) is 76.5 Å². The number of methoxy groups -OCH3 is 5. The fraction of sp³-hybridized carbons (Fsp3) is 0.294. The van der Waals surface area contributed by atoms with Crippen molar-refractivity contribution in [3.8, 4) is 17.6 Å². The number of rotatable bonds is 21. The Morgan fingerprint density at radius 1 is 0.662 bits per heavy atom. The van der Waals surface area contributed by atoms with Crippen molar-refractivity contribution in [2.45, 2.75) is 29.8 Å². The molecule has 0 aliphatic carbocycles. The first-order valence-electron chi connectivity index (χ1n) is 17.5. The molecule has 0 bridgehead atoms. The fourth-order valence-corrected chi connectivity index (χ4v) is 7.11. The highest BCUT2D eigenvalue weighted by Crippen LogP contribution is 2.23. The van der Waals surface area contributed by atoms with Crippen molar-refractivity contribution >= 4 is 80.0 Å². The monoisotopic (exact) mass is 989 g/mol. The number of sulfonamides is 2. The summed E-state index contributed by atoms with van der Waals surface area (Å²) in [7, 11) is -2.94. The Balaban J connectivity index is 0.000000345. The summed E-state index contributed by atoms with van der Waals surface area (Å²) in [6.07, 6.45) is 3.25. The van der Waals surface area contributed by atoms with E-state index in [1.807, 2.05) is 0 Å². The molecule has 0 unspecified atom stereocenters. The van der Waals surface area contributed by atoms with Crippen LogP contribution in [0.1, 0.15) is 37.5 Å². The minimum Gasteiger partial charge on any atom is -0.845 e. The average molecular weight is 990 g/mol. The van der Waals surface area contributed by atoms with Gasteiger partial charge in [0, 0.05) is 61.4 Å². The maximum atomic E-state index is 12.9. The van der Waals surface area contributed by atoms with Crippen LogP contribution in [0.25, 0.3) is 0 Å². The Bertz CT molecular complexity index is 2520. The van der Waals surface area contributed by atoms with E-state index >= 15 is 0 Å². The van der Waals surface area contributed by atoms with Gasteiger partial charge in [-0.25, -0.2) is 32.5 Å². The van der Waals surface area contributed by atoms with Crippen LogP contribution in [-0.2, 0) is 61.3 Å². The van der Waals surface area contributed by atoms with Gasteiger partial charge in [-0.2, -0.15) is 38.7 Å². The number of carbonyl (C=O) groups is 3. The van der Waals surface area contributed by atoms with Crippen molar-refractivity contribution < 1.29 is 78.7 Å². The molecule has 0 spiro atoms. The number of anilines is 2. The number of hydrogen-bond donors (Lipinski definition) is 5. The van der Waals surface area contributed by atoms with Gasteiger partial charge >= 0.3 is 18.0 Å². The SMILES string of the molecule is COC(=O)c1ccc(CNOOSC)cc1S(=O)(=O)N=C([O-])Nc1nc(C)cc(OC)n1.COC(=O)c1ccc(CNOOSC)cc1S(=O)(=O)NC(=O)Nc1nc(OC)cc(OC)n1. The zero-order valence-electron chi connectivity index (χ0n) is 35.3. The molecule has 2 amide bonds. The van der Waals surface area contributed by atoms with Crippen molar-refractivity contribution in [1.82, 2.24) is 35.6 Å². The van der Waals surface area contributed by atoms with E-state index < -0.39 is 53.8 Å². The maximum Gasteiger partial charge on any atom is 0.339 e. The van der Waals surface area contributed by atoms with Crippen LogP contribution in [-0.4, -0.2) is 109 Å². The van der Waals surface area contributed by atoms with Crippen LogP contribution >= 0.6 is 24.1 Å². The molecule has 0 fully saturated rings. The average Bonchev–Trinajstić information content (AvgIpc) is 3.27. The molecule has 0 saturated carbocycles. The zero-order chi connectivity index (χ0) is 48.2. The normalized spacial score (nSPS) is 11.4. The number of esters is 2. The number of nitrogens with one attached hydrogen (secondary N) is 5. The number of hydroxylamine groups is 2. The van der Waals surface area contributed by atoms with Crippen LogP contribution in [0.15, 0.2) is 62.7 Å². The third kappa shape index (κ3) is 16.7. The molecule has 4 aromatic rings. The highest BCUT2D eigenvalue weighted by atomic mass is 32.2. The summed E-state index contributed by atoms with van der Waals surface area (Å²) in [4.78, 5) is 60.3. The first kappa shape index (κ1) is 53.2. The molecular formula is C34H41N10O17S4-. The van der Waals surface area contributed by atoms with E-state index in [2.05, 4.69) is 74.0 Å². The number of aryl methyl sites for hydroxylation is 1. The lowest BCUT2D eigenvalue weighted by atomic mass is 10.1. The van der Waals surface area contributed by atoms with E-state index in [4.69, 9.17) is 14.2 Å². The second kappa shape index (κ2) is 26.0. The Morgan fingerprint density at radius 3 is 1.60 bits per heavy atom. The Hall–Kier alpha value is -6.16. The zero-order valence-corrected chi connectivity index (χ0v) is 38.6. The van der Waals surface area contributed by atoms with Gasteiger partial charge in [-0.15, -0.1) is 18.6 Å². The summed E-state index contributed by atoms with van der Waals surface area (Å²) in [6, 6.07) is 8.13. The standard InChI is InChI=1S/C17H21N5O9S2.C17H21N5O8S2/c1-27-13-8-14(28-2)20-16(19-13)21-17(24)22-33(25,26)12-7-10(9-18-30-31-32-4)5-6-11(12)15(23)29-3;1-10-7-14(27-2)20-16(19-10)21-17(24)22-32(25,26)13-8-11(9-18-29-30-31-4)5-6-12(13)15(23)28-3/h5-8,18H,9H2,1-4H3,(H2,19,20,21,22,24);5-8,18H,9H2,1-4H3,(H2,19,20,21,22,24)/p-1. The molecule has 354 valence electrons. The lowest BCUT2D eigenvalue weighted by Crippen LogP contribution is -2.35. The predicted molar refractivity (Wildman–Crippen MR) is 227 cm³/mol. The van der Waals surface area contributed by atoms with Gasteiger partial charge < -0.3 is 34.1 Å². The minimum absolute atomic E-state index is 0.0215. The molecular weight excluding hydrogens is 949 g/mol. The highest BCUT2D eigenvalue weighted by molar-refractivity contribution is 7.94. The maximum absolute atomic E-state index is 12.9. The van der Waals surface area contributed by atoms with Gasteiger partial charge in [0.15, 0.2) is 0 Å². The Kier molecular flexibility index (Phi) is 21.2. The van der Waals surface area contributed by atoms with Gasteiger partial charge in [-0.3, -0.25) is 5.32 Å². The Labute approximate surface area is 379 Å². The molecule has 31 heteroatoms. The smallest absolute Gasteiger partial charge is 0.339 e. The van der Waals surface area contributed by atoms with E-state index in [0.29, 0.717) is 16.8 Å². The molecule has 0 radical (unpaired) electrons. The third-order valence-corrected chi connectivity index (χ3v) is 10.4. The molecule has 0 aliphatic heterocycles. The van der Waals surface area contributed by atoms with Gasteiger partial charge in [0.1, 0.15) is 9.79 Å². The van der Waals surface area contributed by atoms with E-state index in [9.17, 15) is 36.3 Å². The highest BCUT2D eigenvalue weighted by Gasteiger charge is 2.27. The minimum atomic E-state index is -4.63. The van der Waals surface area contributed by atoms with Crippen molar-refractivity contribution in [2.75, 3.05) is 58.7 Å². The van der Waals surface area contributed by atoms with Crippen molar-refractivity contribution in [2.24, 2.45) is 4.40 Å². The van der Waals surface area contributed by atoms with Gasteiger partial charge in [0.25, 0.3) is 20.0 Å². The number of aromatic nitrogens is 4. The molecule has 5 N–H and O–H groups in total. The number of carbonyl (C=O) groups excluding carboxylic acids is 3. The van der Waals surface area contributed by atoms with Crippen molar-refractivity contribution in [3.63, 3.8) is 0 Å². The summed E-state index contributed by atoms with van der Waals surface area (Å²) in [5.74, 6) is -2.03.